The molecule has 0 bridgehead atoms. The van der Waals surface area contributed by atoms with E-state index >= 15 is 0 Å². The van der Waals surface area contributed by atoms with Crippen LogP contribution in [0, 0.1) is 24.1 Å². The van der Waals surface area contributed by atoms with Gasteiger partial charge < -0.3 is 4.74 Å². The van der Waals surface area contributed by atoms with Gasteiger partial charge in [-0.15, -0.1) is 13.2 Å². The average molecular weight is 146 g/mol. The Hall–Kier alpha value is -1.60. The molecule has 0 rings (SSSR count). The number of hydrogen-bond acceptors (Lipinski definition) is 1. The molecule has 0 heterocycles. The Balaban J connectivity index is 3.43. The third kappa shape index (κ3) is 8.40. The maximum atomic E-state index is 4.62. The molecule has 0 saturated heterocycles. The quantitative estimate of drug-likeness (QED) is 0.428. The Morgan fingerprint density at radius 3 is 1.82 bits per heavy atom. The zero-order valence-electron chi connectivity index (χ0n) is 6.39. The van der Waals surface area contributed by atoms with Crippen molar-refractivity contribution >= 4 is 0 Å². The van der Waals surface area contributed by atoms with Crippen LogP contribution in [0.15, 0.2) is 25.3 Å². The molecular weight excluding hydrogens is 136 g/mol. The molecule has 0 unspecified atom stereocenters. The lowest BCUT2D eigenvalue weighted by molar-refractivity contribution is 0.478. The molecule has 0 aliphatic carbocycles. The fraction of sp³-hybridized carbons (Fsp3) is 0.200. The van der Waals surface area contributed by atoms with E-state index in [0.717, 1.165) is 0 Å². The summed E-state index contributed by atoms with van der Waals surface area (Å²) in [5.41, 5.74) is 0. The van der Waals surface area contributed by atoms with Crippen LogP contribution in [-0.4, -0.2) is 0 Å². The van der Waals surface area contributed by atoms with Crippen molar-refractivity contribution in [2.75, 3.05) is 0 Å². The van der Waals surface area contributed by atoms with Crippen molar-refractivity contribution < 1.29 is 4.74 Å². The molecule has 0 fully saturated rings. The number of ether oxygens (including phenoxy) is 1. The van der Waals surface area contributed by atoms with Crippen LogP contribution in [0.1, 0.15) is 12.8 Å². The zero-order valence-corrected chi connectivity index (χ0v) is 6.39. The van der Waals surface area contributed by atoms with Crippen LogP contribution in [0.4, 0.5) is 0 Å². The third-order valence-corrected chi connectivity index (χ3v) is 0.739. The second-order valence-electron chi connectivity index (χ2n) is 1.65. The minimum absolute atomic E-state index is 0.628. The largest absolute Gasteiger partial charge is 0.357 e. The molecule has 1 heteroatoms. The van der Waals surface area contributed by atoms with Gasteiger partial charge in [-0.05, 0) is 0 Å². The van der Waals surface area contributed by atoms with Gasteiger partial charge in [0.05, 0.1) is 0 Å². The highest BCUT2D eigenvalue weighted by atomic mass is 16.5. The minimum atomic E-state index is 0.628. The SMILES string of the molecule is C=CCC#COC#CCC=C. The van der Waals surface area contributed by atoms with Crippen molar-refractivity contribution in [1.82, 2.24) is 0 Å². The summed E-state index contributed by atoms with van der Waals surface area (Å²) in [5.74, 6) is 5.39. The summed E-state index contributed by atoms with van der Waals surface area (Å²) in [6, 6.07) is 0. The molecule has 11 heavy (non-hydrogen) atoms. The lowest BCUT2D eigenvalue weighted by Crippen LogP contribution is -1.66. The second-order valence-corrected chi connectivity index (χ2v) is 1.65. The van der Waals surface area contributed by atoms with Crippen LogP contribution in [0.25, 0.3) is 0 Å². The van der Waals surface area contributed by atoms with E-state index < -0.39 is 0 Å². The van der Waals surface area contributed by atoms with Crippen molar-refractivity contribution in [3.8, 4) is 24.1 Å². The summed E-state index contributed by atoms with van der Waals surface area (Å²) < 4.78 is 4.62. The Bertz CT molecular complexity index is 203. The van der Waals surface area contributed by atoms with Crippen LogP contribution in [0.3, 0.4) is 0 Å². The van der Waals surface area contributed by atoms with Gasteiger partial charge in [-0.1, -0.05) is 24.0 Å². The summed E-state index contributed by atoms with van der Waals surface area (Å²) in [7, 11) is 0. The van der Waals surface area contributed by atoms with E-state index in [4.69, 9.17) is 0 Å². The van der Waals surface area contributed by atoms with E-state index in [-0.39, 0.29) is 0 Å². The molecule has 1 nitrogen and oxygen atoms in total. The fourth-order valence-corrected chi connectivity index (χ4v) is 0.325. The van der Waals surface area contributed by atoms with E-state index in [1.807, 2.05) is 0 Å². The molecule has 0 atom stereocenters. The van der Waals surface area contributed by atoms with Crippen LogP contribution in [-0.2, 0) is 4.74 Å². The first-order valence-electron chi connectivity index (χ1n) is 3.25. The van der Waals surface area contributed by atoms with Crippen LogP contribution in [0.5, 0.6) is 0 Å². The highest BCUT2D eigenvalue weighted by molar-refractivity contribution is 5.03. The highest BCUT2D eigenvalue weighted by Crippen LogP contribution is 1.75. The molecule has 56 valence electrons. The maximum absolute atomic E-state index is 4.62. The van der Waals surface area contributed by atoms with Crippen molar-refractivity contribution in [2.24, 2.45) is 0 Å². The van der Waals surface area contributed by atoms with E-state index in [1.54, 1.807) is 12.2 Å². The molecular formula is C10H10O. The molecule has 0 aromatic heterocycles. The number of rotatable bonds is 2. The van der Waals surface area contributed by atoms with Gasteiger partial charge >= 0.3 is 0 Å². The topological polar surface area (TPSA) is 9.23 Å². The predicted molar refractivity (Wildman–Crippen MR) is 46.3 cm³/mol. The summed E-state index contributed by atoms with van der Waals surface area (Å²) in [6.07, 6.45) is 9.49. The molecule has 0 N–H and O–H groups in total. The summed E-state index contributed by atoms with van der Waals surface area (Å²) in [4.78, 5) is 0. The first-order chi connectivity index (χ1) is 5.41. The lowest BCUT2D eigenvalue weighted by atomic mass is 10.4. The molecule has 0 spiro atoms. The Labute approximate surface area is 67.8 Å². The maximum Gasteiger partial charge on any atom is 0.130 e. The predicted octanol–water partition coefficient (Wildman–Crippen LogP) is 2.08. The van der Waals surface area contributed by atoms with E-state index in [9.17, 15) is 0 Å². The molecule has 0 amide bonds. The number of allylic oxidation sites excluding steroid dienone is 2. The van der Waals surface area contributed by atoms with Crippen molar-refractivity contribution in [2.45, 2.75) is 12.8 Å². The minimum Gasteiger partial charge on any atom is -0.357 e. The van der Waals surface area contributed by atoms with Gasteiger partial charge in [0.15, 0.2) is 0 Å². The Morgan fingerprint density at radius 1 is 1.00 bits per heavy atom. The van der Waals surface area contributed by atoms with Gasteiger partial charge in [-0.25, -0.2) is 0 Å². The second kappa shape index (κ2) is 8.40. The Kier molecular flexibility index (Phi) is 7.18. The molecule has 0 aromatic carbocycles. The van der Waals surface area contributed by atoms with Crippen LogP contribution >= 0.6 is 0 Å². The van der Waals surface area contributed by atoms with Crippen LogP contribution in [0.2, 0.25) is 0 Å². The molecule has 0 aromatic rings. The molecule has 0 radical (unpaired) electrons. The van der Waals surface area contributed by atoms with E-state index in [1.165, 1.54) is 0 Å². The van der Waals surface area contributed by atoms with Crippen LogP contribution < -0.4 is 0 Å². The highest BCUT2D eigenvalue weighted by Gasteiger charge is 1.66. The van der Waals surface area contributed by atoms with Crippen molar-refractivity contribution in [3.63, 3.8) is 0 Å². The van der Waals surface area contributed by atoms with Gasteiger partial charge in [0.1, 0.15) is 12.2 Å². The smallest absolute Gasteiger partial charge is 0.130 e. The summed E-state index contributed by atoms with van der Waals surface area (Å²) >= 11 is 0. The van der Waals surface area contributed by atoms with Gasteiger partial charge in [0.25, 0.3) is 0 Å². The van der Waals surface area contributed by atoms with Gasteiger partial charge in [0, 0.05) is 12.8 Å². The number of hydrogen-bond donors (Lipinski definition) is 0. The Morgan fingerprint density at radius 2 is 1.45 bits per heavy atom. The molecule has 0 saturated carbocycles. The molecule has 0 aliphatic rings. The first kappa shape index (κ1) is 9.40. The normalized spacial score (nSPS) is 6.18. The lowest BCUT2D eigenvalue weighted by Gasteiger charge is -1.75. The van der Waals surface area contributed by atoms with Crippen molar-refractivity contribution in [1.29, 1.82) is 0 Å². The standard InChI is InChI=1S/C10H10O/c1-3-5-7-9-11-10-8-6-4-2/h3-4H,1-2,5-6H2. The van der Waals surface area contributed by atoms with Crippen molar-refractivity contribution in [3.05, 3.63) is 25.3 Å². The average Bonchev–Trinajstić information content (AvgIpc) is 2.03. The van der Waals surface area contributed by atoms with Gasteiger partial charge in [-0.2, -0.15) is 0 Å². The monoisotopic (exact) mass is 146 g/mol. The first-order valence-corrected chi connectivity index (χ1v) is 3.25. The summed E-state index contributed by atoms with van der Waals surface area (Å²) in [6.45, 7) is 7.00. The van der Waals surface area contributed by atoms with Gasteiger partial charge in [-0.3, -0.25) is 0 Å². The van der Waals surface area contributed by atoms with E-state index in [0.29, 0.717) is 12.8 Å². The van der Waals surface area contributed by atoms with E-state index in [2.05, 4.69) is 41.9 Å². The zero-order chi connectivity index (χ0) is 8.36. The summed E-state index contributed by atoms with van der Waals surface area (Å²) in [5, 5.41) is 0. The fourth-order valence-electron chi connectivity index (χ4n) is 0.325. The third-order valence-electron chi connectivity index (χ3n) is 0.739. The molecule has 0 aliphatic heterocycles. The van der Waals surface area contributed by atoms with Gasteiger partial charge in [0.2, 0.25) is 0 Å².